The van der Waals surface area contributed by atoms with Crippen LogP contribution in [-0.2, 0) is 0 Å². The lowest BCUT2D eigenvalue weighted by Crippen LogP contribution is -2.13. The Hall–Kier alpha value is -0.850. The minimum atomic E-state index is -0.346. The number of pyridine rings is 1. The minimum Gasteiger partial charge on any atom is -0.319 e. The summed E-state index contributed by atoms with van der Waals surface area (Å²) in [6.07, 6.45) is 1.48. The summed E-state index contributed by atoms with van der Waals surface area (Å²) in [7, 11) is 0. The average Bonchev–Trinajstić information content (AvgIpc) is 2.34. The van der Waals surface area contributed by atoms with Gasteiger partial charge < -0.3 is 5.32 Å². The summed E-state index contributed by atoms with van der Waals surface area (Å²) in [4.78, 5) is 15.9. The van der Waals surface area contributed by atoms with Crippen molar-refractivity contribution < 1.29 is 4.79 Å². The number of hydrogen-bond acceptors (Lipinski definition) is 2. The molecule has 0 unspecified atom stereocenters. The highest BCUT2D eigenvalue weighted by atomic mass is 127. The van der Waals surface area contributed by atoms with E-state index in [9.17, 15) is 4.79 Å². The highest BCUT2D eigenvalue weighted by Gasteiger charge is 2.10. The van der Waals surface area contributed by atoms with E-state index in [1.807, 2.05) is 6.07 Å². The minimum absolute atomic E-state index is 0.248. The monoisotopic (exact) mass is 392 g/mol. The van der Waals surface area contributed by atoms with Crippen LogP contribution in [-0.4, -0.2) is 10.9 Å². The number of anilines is 1. The molecule has 0 spiro atoms. The molecular weight excluding hydrogens is 386 g/mol. The van der Waals surface area contributed by atoms with Crippen LogP contribution in [0.5, 0.6) is 0 Å². The van der Waals surface area contributed by atoms with Crippen LogP contribution in [0.2, 0.25) is 10.0 Å². The lowest BCUT2D eigenvalue weighted by molar-refractivity contribution is 0.102. The molecule has 2 rings (SSSR count). The Morgan fingerprint density at radius 3 is 2.72 bits per heavy atom. The van der Waals surface area contributed by atoms with Crippen molar-refractivity contribution in [3.8, 4) is 0 Å². The standard InChI is InChI=1S/C12H7Cl2IN2O/c13-7-3-4-16-11(5-7)12(18)17-10-6-8(15)1-2-9(10)14/h1-6H,(H,17,18). The molecule has 0 atom stereocenters. The molecule has 0 bridgehead atoms. The summed E-state index contributed by atoms with van der Waals surface area (Å²) in [5.74, 6) is -0.346. The van der Waals surface area contributed by atoms with E-state index in [1.54, 1.807) is 18.2 Å². The van der Waals surface area contributed by atoms with Crippen molar-refractivity contribution in [1.82, 2.24) is 4.98 Å². The molecule has 0 aliphatic rings. The largest absolute Gasteiger partial charge is 0.319 e. The fourth-order valence-electron chi connectivity index (χ4n) is 1.31. The van der Waals surface area contributed by atoms with Gasteiger partial charge in [-0.2, -0.15) is 0 Å². The summed E-state index contributed by atoms with van der Waals surface area (Å²) in [6.45, 7) is 0. The summed E-state index contributed by atoms with van der Waals surface area (Å²) in [5, 5.41) is 3.64. The third kappa shape index (κ3) is 3.34. The van der Waals surface area contributed by atoms with Crippen LogP contribution in [0.15, 0.2) is 36.5 Å². The third-order valence-corrected chi connectivity index (χ3v) is 3.37. The Labute approximate surface area is 128 Å². The number of carbonyl (C=O) groups excluding carboxylic acids is 1. The summed E-state index contributed by atoms with van der Waals surface area (Å²) in [5.41, 5.74) is 0.799. The van der Waals surface area contributed by atoms with Crippen molar-refractivity contribution in [3.63, 3.8) is 0 Å². The van der Waals surface area contributed by atoms with Crippen molar-refractivity contribution in [3.05, 3.63) is 55.8 Å². The van der Waals surface area contributed by atoms with Gasteiger partial charge in [-0.3, -0.25) is 9.78 Å². The van der Waals surface area contributed by atoms with Gasteiger partial charge >= 0.3 is 0 Å². The average molecular weight is 393 g/mol. The number of hydrogen-bond donors (Lipinski definition) is 1. The second-order valence-corrected chi connectivity index (χ2v) is 5.53. The van der Waals surface area contributed by atoms with Gasteiger partial charge in [0.05, 0.1) is 10.7 Å². The molecule has 6 heteroatoms. The van der Waals surface area contributed by atoms with Crippen molar-refractivity contribution in [2.45, 2.75) is 0 Å². The lowest BCUT2D eigenvalue weighted by atomic mass is 10.3. The molecular formula is C12H7Cl2IN2O. The number of nitrogens with zero attached hydrogens (tertiary/aromatic N) is 1. The molecule has 92 valence electrons. The second kappa shape index (κ2) is 5.86. The van der Waals surface area contributed by atoms with E-state index in [0.29, 0.717) is 15.7 Å². The lowest BCUT2D eigenvalue weighted by Gasteiger charge is -2.07. The zero-order valence-electron chi connectivity index (χ0n) is 8.95. The molecule has 1 amide bonds. The fraction of sp³-hybridized carbons (Fsp3) is 0. The first-order valence-corrected chi connectivity index (χ1v) is 6.77. The van der Waals surface area contributed by atoms with Crippen LogP contribution >= 0.6 is 45.8 Å². The zero-order chi connectivity index (χ0) is 13.1. The highest BCUT2D eigenvalue weighted by molar-refractivity contribution is 14.1. The maximum atomic E-state index is 11.9. The predicted molar refractivity (Wildman–Crippen MR) is 81.4 cm³/mol. The molecule has 1 heterocycles. The Balaban J connectivity index is 2.24. The number of rotatable bonds is 2. The smallest absolute Gasteiger partial charge is 0.274 e. The SMILES string of the molecule is O=C(Nc1cc(I)ccc1Cl)c1cc(Cl)ccn1. The van der Waals surface area contributed by atoms with Crippen molar-refractivity contribution in [2.75, 3.05) is 5.32 Å². The molecule has 18 heavy (non-hydrogen) atoms. The molecule has 0 radical (unpaired) electrons. The van der Waals surface area contributed by atoms with Crippen LogP contribution in [0.1, 0.15) is 10.5 Å². The predicted octanol–water partition coefficient (Wildman–Crippen LogP) is 4.25. The van der Waals surface area contributed by atoms with E-state index < -0.39 is 0 Å². The van der Waals surface area contributed by atoms with Gasteiger partial charge in [-0.25, -0.2) is 0 Å². The third-order valence-electron chi connectivity index (χ3n) is 2.13. The highest BCUT2D eigenvalue weighted by Crippen LogP contribution is 2.24. The van der Waals surface area contributed by atoms with Crippen molar-refractivity contribution in [2.24, 2.45) is 0 Å². The normalized spacial score (nSPS) is 10.2. The molecule has 3 nitrogen and oxygen atoms in total. The van der Waals surface area contributed by atoms with Gasteiger partial charge in [0.25, 0.3) is 5.91 Å². The first-order valence-electron chi connectivity index (χ1n) is 4.94. The van der Waals surface area contributed by atoms with E-state index in [2.05, 4.69) is 32.9 Å². The van der Waals surface area contributed by atoms with Gasteiger partial charge in [-0.05, 0) is 52.9 Å². The summed E-state index contributed by atoms with van der Waals surface area (Å²) < 4.78 is 0.978. The molecule has 1 aromatic heterocycles. The van der Waals surface area contributed by atoms with E-state index in [4.69, 9.17) is 23.2 Å². The molecule has 1 aromatic carbocycles. The second-order valence-electron chi connectivity index (χ2n) is 3.44. The number of halogens is 3. The quantitative estimate of drug-likeness (QED) is 0.776. The van der Waals surface area contributed by atoms with Gasteiger partial charge in [0.15, 0.2) is 0 Å². The van der Waals surface area contributed by atoms with Gasteiger partial charge in [0, 0.05) is 14.8 Å². The van der Waals surface area contributed by atoms with E-state index >= 15 is 0 Å². The van der Waals surface area contributed by atoms with Crippen LogP contribution < -0.4 is 5.32 Å². The summed E-state index contributed by atoms with van der Waals surface area (Å²) >= 11 is 13.9. The molecule has 2 aromatic rings. The van der Waals surface area contributed by atoms with E-state index in [0.717, 1.165) is 3.57 Å². The Bertz CT molecular complexity index is 604. The van der Waals surface area contributed by atoms with Crippen LogP contribution in [0.3, 0.4) is 0 Å². The number of nitrogens with one attached hydrogen (secondary N) is 1. The summed E-state index contributed by atoms with van der Waals surface area (Å²) in [6, 6.07) is 8.47. The number of aromatic nitrogens is 1. The number of amides is 1. The van der Waals surface area contributed by atoms with E-state index in [1.165, 1.54) is 12.3 Å². The first-order chi connectivity index (χ1) is 8.56. The fourth-order valence-corrected chi connectivity index (χ4v) is 2.12. The van der Waals surface area contributed by atoms with Crippen LogP contribution in [0.4, 0.5) is 5.69 Å². The van der Waals surface area contributed by atoms with Crippen molar-refractivity contribution >= 4 is 57.4 Å². The van der Waals surface area contributed by atoms with Gasteiger partial charge in [0.1, 0.15) is 5.69 Å². The first kappa shape index (κ1) is 13.6. The number of benzene rings is 1. The van der Waals surface area contributed by atoms with Crippen molar-refractivity contribution in [1.29, 1.82) is 0 Å². The van der Waals surface area contributed by atoms with E-state index in [-0.39, 0.29) is 11.6 Å². The molecule has 0 aliphatic carbocycles. The Kier molecular flexibility index (Phi) is 4.42. The molecule has 1 N–H and O–H groups in total. The number of carbonyl (C=O) groups is 1. The van der Waals surface area contributed by atoms with Gasteiger partial charge in [-0.15, -0.1) is 0 Å². The molecule has 0 fully saturated rings. The molecule has 0 saturated carbocycles. The van der Waals surface area contributed by atoms with Crippen LogP contribution in [0, 0.1) is 3.57 Å². The Morgan fingerprint density at radius 2 is 2.00 bits per heavy atom. The Morgan fingerprint density at radius 1 is 1.22 bits per heavy atom. The molecule has 0 aliphatic heterocycles. The maximum absolute atomic E-state index is 11.9. The topological polar surface area (TPSA) is 42.0 Å². The maximum Gasteiger partial charge on any atom is 0.274 e. The zero-order valence-corrected chi connectivity index (χ0v) is 12.6. The van der Waals surface area contributed by atoms with Gasteiger partial charge in [0.2, 0.25) is 0 Å². The molecule has 0 saturated heterocycles. The van der Waals surface area contributed by atoms with Gasteiger partial charge in [-0.1, -0.05) is 23.2 Å². The van der Waals surface area contributed by atoms with Crippen LogP contribution in [0.25, 0.3) is 0 Å².